The molecule has 0 spiro atoms. The molecule has 2 aromatic rings. The van der Waals surface area contributed by atoms with Crippen LogP contribution in [-0.4, -0.2) is 26.7 Å². The highest BCUT2D eigenvalue weighted by atomic mass is 16.5. The molecule has 6 nitrogen and oxygen atoms in total. The lowest BCUT2D eigenvalue weighted by Gasteiger charge is -2.22. The third kappa shape index (κ3) is 3.93. The predicted molar refractivity (Wildman–Crippen MR) is 78.9 cm³/mol. The number of imidazole rings is 1. The van der Waals surface area contributed by atoms with Crippen molar-refractivity contribution in [3.8, 4) is 0 Å². The van der Waals surface area contributed by atoms with Gasteiger partial charge in [0, 0.05) is 37.0 Å². The zero-order valence-corrected chi connectivity index (χ0v) is 12.9. The summed E-state index contributed by atoms with van der Waals surface area (Å²) in [7, 11) is 0. The molecule has 114 valence electrons. The average Bonchev–Trinajstić information content (AvgIpc) is 3.08. The number of carbonyl (C=O) groups is 1. The van der Waals surface area contributed by atoms with Crippen molar-refractivity contribution in [2.24, 2.45) is 5.92 Å². The summed E-state index contributed by atoms with van der Waals surface area (Å²) >= 11 is 0. The van der Waals surface area contributed by atoms with Crippen LogP contribution in [0.2, 0.25) is 0 Å². The molecule has 0 aliphatic heterocycles. The van der Waals surface area contributed by atoms with E-state index in [1.807, 2.05) is 24.6 Å². The summed E-state index contributed by atoms with van der Waals surface area (Å²) in [6.45, 7) is 8.82. The summed E-state index contributed by atoms with van der Waals surface area (Å²) in [4.78, 5) is 16.3. The second kappa shape index (κ2) is 6.56. The van der Waals surface area contributed by atoms with Gasteiger partial charge in [0.2, 0.25) is 0 Å². The smallest absolute Gasteiger partial charge is 0.273 e. The van der Waals surface area contributed by atoms with Crippen molar-refractivity contribution in [1.29, 1.82) is 0 Å². The molecule has 21 heavy (non-hydrogen) atoms. The topological polar surface area (TPSA) is 73.0 Å². The van der Waals surface area contributed by atoms with Crippen molar-refractivity contribution < 1.29 is 9.32 Å². The van der Waals surface area contributed by atoms with Crippen LogP contribution >= 0.6 is 0 Å². The normalized spacial score (nSPS) is 12.9. The lowest BCUT2D eigenvalue weighted by Crippen LogP contribution is -2.41. The molecule has 1 atom stereocenters. The fourth-order valence-corrected chi connectivity index (χ4v) is 1.96. The van der Waals surface area contributed by atoms with Crippen LogP contribution in [0.1, 0.15) is 49.9 Å². The molecule has 0 aliphatic carbocycles. The van der Waals surface area contributed by atoms with E-state index >= 15 is 0 Å². The molecular formula is C15H22N4O2. The van der Waals surface area contributed by atoms with E-state index in [2.05, 4.69) is 29.3 Å². The van der Waals surface area contributed by atoms with Gasteiger partial charge in [0.05, 0.1) is 6.33 Å². The van der Waals surface area contributed by atoms with E-state index in [4.69, 9.17) is 4.52 Å². The average molecular weight is 290 g/mol. The van der Waals surface area contributed by atoms with E-state index in [-0.39, 0.29) is 17.9 Å². The van der Waals surface area contributed by atoms with E-state index in [0.29, 0.717) is 18.2 Å². The Kier molecular flexibility index (Phi) is 4.77. The summed E-state index contributed by atoms with van der Waals surface area (Å²) in [6.07, 6.45) is 5.36. The van der Waals surface area contributed by atoms with Gasteiger partial charge in [-0.3, -0.25) is 4.79 Å². The zero-order chi connectivity index (χ0) is 15.4. The van der Waals surface area contributed by atoms with Crippen LogP contribution in [0, 0.1) is 5.92 Å². The quantitative estimate of drug-likeness (QED) is 0.887. The van der Waals surface area contributed by atoms with Crippen molar-refractivity contribution in [2.45, 2.75) is 46.2 Å². The second-order valence-electron chi connectivity index (χ2n) is 5.85. The van der Waals surface area contributed by atoms with Crippen molar-refractivity contribution in [3.05, 3.63) is 36.2 Å². The number of nitrogens with one attached hydrogen (secondary N) is 1. The van der Waals surface area contributed by atoms with E-state index in [0.717, 1.165) is 5.76 Å². The number of hydrogen-bond acceptors (Lipinski definition) is 4. The van der Waals surface area contributed by atoms with E-state index < -0.39 is 0 Å². The van der Waals surface area contributed by atoms with Crippen molar-refractivity contribution in [1.82, 2.24) is 20.0 Å². The minimum Gasteiger partial charge on any atom is -0.360 e. The summed E-state index contributed by atoms with van der Waals surface area (Å²) in [5.41, 5.74) is 0.329. The summed E-state index contributed by atoms with van der Waals surface area (Å²) in [6, 6.07) is 1.71. The molecule has 0 saturated heterocycles. The van der Waals surface area contributed by atoms with Gasteiger partial charge in [-0.1, -0.05) is 32.9 Å². The number of carbonyl (C=O) groups excluding carboxylic acids is 1. The molecule has 2 heterocycles. The molecule has 0 unspecified atom stereocenters. The van der Waals surface area contributed by atoms with Crippen LogP contribution in [0.3, 0.4) is 0 Å². The Balaban J connectivity index is 2.03. The Morgan fingerprint density at radius 3 is 2.67 bits per heavy atom. The van der Waals surface area contributed by atoms with Gasteiger partial charge >= 0.3 is 0 Å². The minimum atomic E-state index is -0.204. The van der Waals surface area contributed by atoms with Gasteiger partial charge in [-0.25, -0.2) is 4.98 Å². The van der Waals surface area contributed by atoms with Gasteiger partial charge in [0.1, 0.15) is 5.76 Å². The summed E-state index contributed by atoms with van der Waals surface area (Å²) in [5.74, 6) is 1.03. The van der Waals surface area contributed by atoms with Gasteiger partial charge in [0.15, 0.2) is 5.69 Å². The number of nitrogens with zero attached hydrogens (tertiary/aromatic N) is 3. The third-order valence-electron chi connectivity index (χ3n) is 3.42. The molecule has 1 N–H and O–H groups in total. The Morgan fingerprint density at radius 2 is 2.14 bits per heavy atom. The van der Waals surface area contributed by atoms with Crippen LogP contribution in [-0.2, 0) is 6.54 Å². The Hall–Kier alpha value is -2.11. The highest BCUT2D eigenvalue weighted by molar-refractivity contribution is 5.92. The first-order valence-corrected chi connectivity index (χ1v) is 7.20. The maximum atomic E-state index is 12.3. The highest BCUT2D eigenvalue weighted by Crippen LogP contribution is 2.15. The van der Waals surface area contributed by atoms with E-state index in [9.17, 15) is 4.79 Å². The second-order valence-corrected chi connectivity index (χ2v) is 5.85. The van der Waals surface area contributed by atoms with Crippen LogP contribution in [0.15, 0.2) is 29.3 Å². The molecule has 0 aromatic carbocycles. The van der Waals surface area contributed by atoms with Crippen LogP contribution in [0.5, 0.6) is 0 Å². The molecular weight excluding hydrogens is 268 g/mol. The van der Waals surface area contributed by atoms with Gasteiger partial charge in [0.25, 0.3) is 5.91 Å². The monoisotopic (exact) mass is 290 g/mol. The highest BCUT2D eigenvalue weighted by Gasteiger charge is 2.20. The molecule has 0 saturated carbocycles. The summed E-state index contributed by atoms with van der Waals surface area (Å²) < 4.78 is 7.12. The fourth-order valence-electron chi connectivity index (χ4n) is 1.96. The van der Waals surface area contributed by atoms with Crippen LogP contribution < -0.4 is 5.32 Å². The maximum absolute atomic E-state index is 12.3. The molecule has 2 aromatic heterocycles. The van der Waals surface area contributed by atoms with Crippen LogP contribution in [0.25, 0.3) is 0 Å². The van der Waals surface area contributed by atoms with Gasteiger partial charge in [-0.05, 0) is 5.92 Å². The molecule has 0 bridgehead atoms. The van der Waals surface area contributed by atoms with Crippen LogP contribution in [0.4, 0.5) is 0 Å². The van der Waals surface area contributed by atoms with Crippen molar-refractivity contribution >= 4 is 5.91 Å². The standard InChI is InChI=1S/C15H22N4O2/c1-10(2)13(8-19-6-5-16-9-19)17-15(20)12-7-14(11(3)4)21-18-12/h5-7,9-11,13H,8H2,1-4H3,(H,17,20)/t13-/m1/s1. The molecule has 0 aliphatic rings. The predicted octanol–water partition coefficient (Wildman–Crippen LogP) is 2.45. The Labute approximate surface area is 124 Å². The first kappa shape index (κ1) is 15.3. The molecule has 2 rings (SSSR count). The number of hydrogen-bond donors (Lipinski definition) is 1. The molecule has 6 heteroatoms. The number of amides is 1. The van der Waals surface area contributed by atoms with Gasteiger partial charge < -0.3 is 14.4 Å². The van der Waals surface area contributed by atoms with Crippen molar-refractivity contribution in [3.63, 3.8) is 0 Å². The molecule has 0 fully saturated rings. The van der Waals surface area contributed by atoms with Gasteiger partial charge in [-0.2, -0.15) is 0 Å². The zero-order valence-electron chi connectivity index (χ0n) is 12.9. The SMILES string of the molecule is CC(C)c1cc(C(=O)N[C@H](Cn2ccnc2)C(C)C)no1. The lowest BCUT2D eigenvalue weighted by molar-refractivity contribution is 0.0911. The largest absolute Gasteiger partial charge is 0.360 e. The number of aromatic nitrogens is 3. The first-order valence-electron chi connectivity index (χ1n) is 7.20. The van der Waals surface area contributed by atoms with Crippen molar-refractivity contribution in [2.75, 3.05) is 0 Å². The molecule has 0 radical (unpaired) electrons. The molecule has 1 amide bonds. The maximum Gasteiger partial charge on any atom is 0.273 e. The minimum absolute atomic E-state index is 0.00546. The fraction of sp³-hybridized carbons (Fsp3) is 0.533. The van der Waals surface area contributed by atoms with E-state index in [1.165, 1.54) is 0 Å². The summed E-state index contributed by atoms with van der Waals surface area (Å²) in [5, 5.41) is 6.85. The van der Waals surface area contributed by atoms with E-state index in [1.54, 1.807) is 18.6 Å². The Bertz CT molecular complexity index is 572. The Morgan fingerprint density at radius 1 is 1.38 bits per heavy atom. The third-order valence-corrected chi connectivity index (χ3v) is 3.42. The first-order chi connectivity index (χ1) is 9.97. The lowest BCUT2D eigenvalue weighted by atomic mass is 10.0. The number of rotatable bonds is 6. The van der Waals surface area contributed by atoms with Gasteiger partial charge in [-0.15, -0.1) is 0 Å².